The molecule has 98 valence electrons. The minimum atomic E-state index is -0.351. The Hall–Kier alpha value is -1.59. The third kappa shape index (κ3) is 3.24. The van der Waals surface area contributed by atoms with E-state index in [1.165, 1.54) is 12.3 Å². The maximum Gasteiger partial charge on any atom is 0.258 e. The molecule has 0 radical (unpaired) electrons. The van der Waals surface area contributed by atoms with E-state index in [0.717, 1.165) is 10.0 Å². The van der Waals surface area contributed by atoms with Crippen molar-refractivity contribution in [3.05, 3.63) is 51.2 Å². The van der Waals surface area contributed by atoms with Crippen LogP contribution in [0.4, 0.5) is 11.4 Å². The normalized spacial score (nSPS) is 10.3. The van der Waals surface area contributed by atoms with Crippen molar-refractivity contribution in [2.24, 2.45) is 0 Å². The van der Waals surface area contributed by atoms with Gasteiger partial charge >= 0.3 is 0 Å². The summed E-state index contributed by atoms with van der Waals surface area (Å²) in [6, 6.07) is 7.16. The number of nitrogen functional groups attached to an aromatic ring is 1. The first-order valence-electron chi connectivity index (χ1n) is 5.46. The molecule has 0 saturated heterocycles. The van der Waals surface area contributed by atoms with Crippen molar-refractivity contribution in [2.75, 3.05) is 11.1 Å². The van der Waals surface area contributed by atoms with E-state index < -0.39 is 0 Å². The topological polar surface area (TPSA) is 68.0 Å². The number of aromatic nitrogens is 1. The quantitative estimate of drug-likeness (QED) is 0.820. The van der Waals surface area contributed by atoms with Crippen molar-refractivity contribution in [3.8, 4) is 0 Å². The first-order valence-corrected chi connectivity index (χ1v) is 6.63. The summed E-state index contributed by atoms with van der Waals surface area (Å²) >= 11 is 9.27. The van der Waals surface area contributed by atoms with Crippen molar-refractivity contribution in [1.29, 1.82) is 0 Å². The highest BCUT2D eigenvalue weighted by Crippen LogP contribution is 2.25. The van der Waals surface area contributed by atoms with Crippen molar-refractivity contribution in [2.45, 2.75) is 6.92 Å². The van der Waals surface area contributed by atoms with Crippen LogP contribution in [0.1, 0.15) is 15.9 Å². The Labute approximate surface area is 124 Å². The summed E-state index contributed by atoms with van der Waals surface area (Å²) in [4.78, 5) is 16.0. The van der Waals surface area contributed by atoms with Crippen molar-refractivity contribution in [3.63, 3.8) is 0 Å². The number of halogens is 2. The molecule has 0 saturated carbocycles. The van der Waals surface area contributed by atoms with E-state index in [-0.39, 0.29) is 16.6 Å². The van der Waals surface area contributed by atoms with Crippen LogP contribution in [0, 0.1) is 6.92 Å². The highest BCUT2D eigenvalue weighted by Gasteiger charge is 2.13. The van der Waals surface area contributed by atoms with Crippen LogP contribution in [0.2, 0.25) is 5.15 Å². The van der Waals surface area contributed by atoms with Crippen LogP contribution < -0.4 is 11.1 Å². The molecule has 0 atom stereocenters. The lowest BCUT2D eigenvalue weighted by molar-refractivity contribution is 0.102. The van der Waals surface area contributed by atoms with Gasteiger partial charge in [-0.1, -0.05) is 17.7 Å². The Morgan fingerprint density at radius 1 is 1.42 bits per heavy atom. The summed E-state index contributed by atoms with van der Waals surface area (Å²) in [6.45, 7) is 1.94. The molecule has 0 spiro atoms. The molecular weight excluding hydrogens is 330 g/mol. The van der Waals surface area contributed by atoms with Gasteiger partial charge < -0.3 is 11.1 Å². The van der Waals surface area contributed by atoms with Gasteiger partial charge in [0.1, 0.15) is 5.15 Å². The third-order valence-corrected chi connectivity index (χ3v) is 3.47. The van der Waals surface area contributed by atoms with E-state index in [1.54, 1.807) is 0 Å². The maximum absolute atomic E-state index is 12.1. The van der Waals surface area contributed by atoms with E-state index >= 15 is 0 Å². The van der Waals surface area contributed by atoms with Crippen LogP contribution in [0.5, 0.6) is 0 Å². The minimum absolute atomic E-state index is 0.121. The molecule has 4 nitrogen and oxygen atoms in total. The Morgan fingerprint density at radius 2 is 2.16 bits per heavy atom. The lowest BCUT2D eigenvalue weighted by Gasteiger charge is -2.09. The van der Waals surface area contributed by atoms with Gasteiger partial charge in [-0.2, -0.15) is 0 Å². The summed E-state index contributed by atoms with van der Waals surface area (Å²) in [6.07, 6.45) is 1.40. The second-order valence-electron chi connectivity index (χ2n) is 4.04. The molecule has 0 fully saturated rings. The number of carbonyl (C=O) groups is 1. The monoisotopic (exact) mass is 339 g/mol. The molecule has 1 heterocycles. The summed E-state index contributed by atoms with van der Waals surface area (Å²) in [7, 11) is 0. The molecule has 6 heteroatoms. The largest absolute Gasteiger partial charge is 0.397 e. The van der Waals surface area contributed by atoms with Crippen LogP contribution in [0.25, 0.3) is 0 Å². The summed E-state index contributed by atoms with van der Waals surface area (Å²) in [5.41, 5.74) is 7.94. The number of nitrogens with one attached hydrogen (secondary N) is 1. The molecule has 2 aromatic rings. The van der Waals surface area contributed by atoms with Gasteiger partial charge in [0.2, 0.25) is 0 Å². The van der Waals surface area contributed by atoms with Gasteiger partial charge in [-0.25, -0.2) is 4.98 Å². The Morgan fingerprint density at radius 3 is 2.89 bits per heavy atom. The van der Waals surface area contributed by atoms with Crippen molar-refractivity contribution >= 4 is 44.8 Å². The predicted molar refractivity (Wildman–Crippen MR) is 80.5 cm³/mol. The Kier molecular flexibility index (Phi) is 4.07. The third-order valence-electron chi connectivity index (χ3n) is 2.47. The molecule has 0 aliphatic carbocycles. The maximum atomic E-state index is 12.1. The minimum Gasteiger partial charge on any atom is -0.397 e. The molecule has 2 rings (SSSR count). The number of benzene rings is 1. The number of aryl methyl sites for hydroxylation is 1. The molecule has 19 heavy (non-hydrogen) atoms. The Bertz CT molecular complexity index is 646. The lowest BCUT2D eigenvalue weighted by Crippen LogP contribution is -2.14. The predicted octanol–water partition coefficient (Wildman–Crippen LogP) is 3.64. The van der Waals surface area contributed by atoms with Gasteiger partial charge in [-0.3, -0.25) is 4.79 Å². The Balaban J connectivity index is 2.30. The van der Waals surface area contributed by atoms with Gasteiger partial charge in [0, 0.05) is 4.47 Å². The number of hydrogen-bond donors (Lipinski definition) is 2. The first kappa shape index (κ1) is 13.8. The zero-order valence-electron chi connectivity index (χ0n) is 10.1. The number of rotatable bonds is 2. The molecule has 1 aromatic heterocycles. The van der Waals surface area contributed by atoms with Crippen molar-refractivity contribution in [1.82, 2.24) is 4.98 Å². The molecule has 3 N–H and O–H groups in total. The molecular formula is C13H11BrClN3O. The molecule has 0 unspecified atom stereocenters. The van der Waals surface area contributed by atoms with Crippen LogP contribution in [-0.4, -0.2) is 10.9 Å². The van der Waals surface area contributed by atoms with Gasteiger partial charge in [0.15, 0.2) is 0 Å². The highest BCUT2D eigenvalue weighted by atomic mass is 79.9. The number of pyridine rings is 1. The zero-order valence-corrected chi connectivity index (χ0v) is 12.4. The van der Waals surface area contributed by atoms with Crippen LogP contribution in [0.15, 0.2) is 34.9 Å². The summed E-state index contributed by atoms with van der Waals surface area (Å²) < 4.78 is 0.791. The fourth-order valence-electron chi connectivity index (χ4n) is 1.55. The van der Waals surface area contributed by atoms with Crippen LogP contribution >= 0.6 is 27.5 Å². The van der Waals surface area contributed by atoms with E-state index in [1.807, 2.05) is 25.1 Å². The van der Waals surface area contributed by atoms with Gasteiger partial charge in [-0.15, -0.1) is 0 Å². The fourth-order valence-corrected chi connectivity index (χ4v) is 2.08. The van der Waals surface area contributed by atoms with E-state index in [4.69, 9.17) is 17.3 Å². The average Bonchev–Trinajstić information content (AvgIpc) is 2.36. The van der Waals surface area contributed by atoms with E-state index in [2.05, 4.69) is 26.2 Å². The molecule has 1 aromatic carbocycles. The number of carbonyl (C=O) groups excluding carboxylic acids is 1. The number of anilines is 2. The van der Waals surface area contributed by atoms with Gasteiger partial charge in [-0.05, 0) is 46.6 Å². The number of amides is 1. The van der Waals surface area contributed by atoms with Gasteiger partial charge in [0.05, 0.1) is 23.1 Å². The average molecular weight is 341 g/mol. The first-order chi connectivity index (χ1) is 8.97. The van der Waals surface area contributed by atoms with Crippen molar-refractivity contribution < 1.29 is 4.79 Å². The van der Waals surface area contributed by atoms with Gasteiger partial charge in [0.25, 0.3) is 5.91 Å². The summed E-state index contributed by atoms with van der Waals surface area (Å²) in [5, 5.41) is 2.89. The SMILES string of the molecule is Cc1ccc(Br)c(NC(=O)c2cc(N)cnc2Cl)c1. The lowest BCUT2D eigenvalue weighted by atomic mass is 10.2. The second kappa shape index (κ2) is 5.59. The standard InChI is InChI=1S/C13H11BrClN3O/c1-7-2-3-10(14)11(4-7)18-13(19)9-5-8(16)6-17-12(9)15/h2-6H,16H2,1H3,(H,18,19). The fraction of sp³-hybridized carbons (Fsp3) is 0.0769. The van der Waals surface area contributed by atoms with E-state index in [0.29, 0.717) is 11.4 Å². The molecule has 0 aliphatic rings. The van der Waals surface area contributed by atoms with Crippen LogP contribution in [-0.2, 0) is 0 Å². The smallest absolute Gasteiger partial charge is 0.258 e. The molecule has 1 amide bonds. The number of nitrogens with two attached hydrogens (primary N) is 1. The number of nitrogens with zero attached hydrogens (tertiary/aromatic N) is 1. The highest BCUT2D eigenvalue weighted by molar-refractivity contribution is 9.10. The van der Waals surface area contributed by atoms with Crippen LogP contribution in [0.3, 0.4) is 0 Å². The molecule has 0 aliphatic heterocycles. The second-order valence-corrected chi connectivity index (χ2v) is 5.26. The zero-order chi connectivity index (χ0) is 14.0. The number of hydrogen-bond acceptors (Lipinski definition) is 3. The molecule has 0 bridgehead atoms. The summed E-state index contributed by atoms with van der Waals surface area (Å²) in [5.74, 6) is -0.351. The van der Waals surface area contributed by atoms with E-state index in [9.17, 15) is 4.79 Å².